The molecule has 4 heteroatoms. The summed E-state index contributed by atoms with van der Waals surface area (Å²) in [6, 6.07) is 5.01. The number of aliphatic carboxylic acids is 1. The van der Waals surface area contributed by atoms with Crippen LogP contribution in [0.5, 0.6) is 5.75 Å². The van der Waals surface area contributed by atoms with Gasteiger partial charge in [0.05, 0.1) is 0 Å². The number of ether oxygens (including phenoxy) is 1. The highest BCUT2D eigenvalue weighted by atomic mass is 35.5. The SMILES string of the molecule is O=C(O)C1COc2cc(Cl)ccc21. The molecule has 0 radical (unpaired) electrons. The molecule has 0 saturated heterocycles. The summed E-state index contributed by atoms with van der Waals surface area (Å²) in [5, 5.41) is 9.38. The minimum atomic E-state index is -0.860. The fourth-order valence-electron chi connectivity index (χ4n) is 1.39. The van der Waals surface area contributed by atoms with Gasteiger partial charge < -0.3 is 9.84 Å². The Bertz CT molecular complexity index is 362. The van der Waals surface area contributed by atoms with Gasteiger partial charge in [-0.3, -0.25) is 4.79 Å². The lowest BCUT2D eigenvalue weighted by Gasteiger charge is -2.00. The molecule has 1 atom stereocenters. The largest absolute Gasteiger partial charge is 0.492 e. The Kier molecular flexibility index (Phi) is 1.88. The van der Waals surface area contributed by atoms with Crippen molar-refractivity contribution >= 4 is 17.6 Å². The van der Waals surface area contributed by atoms with E-state index >= 15 is 0 Å². The number of hydrogen-bond acceptors (Lipinski definition) is 2. The first-order chi connectivity index (χ1) is 6.18. The zero-order valence-electron chi connectivity index (χ0n) is 6.66. The zero-order valence-corrected chi connectivity index (χ0v) is 7.41. The van der Waals surface area contributed by atoms with Crippen molar-refractivity contribution in [3.8, 4) is 5.75 Å². The summed E-state index contributed by atoms with van der Waals surface area (Å²) in [5.41, 5.74) is 0.705. The maximum Gasteiger partial charge on any atom is 0.314 e. The first-order valence-electron chi connectivity index (χ1n) is 3.83. The Morgan fingerprint density at radius 1 is 1.62 bits per heavy atom. The maximum atomic E-state index is 10.7. The monoisotopic (exact) mass is 198 g/mol. The van der Waals surface area contributed by atoms with Crippen LogP contribution in [0.15, 0.2) is 18.2 Å². The minimum Gasteiger partial charge on any atom is -0.492 e. The molecule has 1 N–H and O–H groups in total. The smallest absolute Gasteiger partial charge is 0.314 e. The molecule has 0 aliphatic carbocycles. The molecule has 1 unspecified atom stereocenters. The standard InChI is InChI=1S/C9H7ClO3/c10-5-1-2-6-7(9(11)12)4-13-8(6)3-5/h1-3,7H,4H2,(H,11,12). The fraction of sp³-hybridized carbons (Fsp3) is 0.222. The third-order valence-corrected chi connectivity index (χ3v) is 2.29. The number of carboxylic acid groups (broad SMARTS) is 1. The normalized spacial score (nSPS) is 19.3. The van der Waals surface area contributed by atoms with Crippen LogP contribution in [-0.4, -0.2) is 17.7 Å². The van der Waals surface area contributed by atoms with Crippen LogP contribution in [0, 0.1) is 0 Å². The molecule has 68 valence electrons. The highest BCUT2D eigenvalue weighted by Crippen LogP contribution is 2.35. The van der Waals surface area contributed by atoms with Gasteiger partial charge in [0.25, 0.3) is 0 Å². The molecule has 13 heavy (non-hydrogen) atoms. The molecule has 0 bridgehead atoms. The quantitative estimate of drug-likeness (QED) is 0.750. The zero-order chi connectivity index (χ0) is 9.42. The molecular formula is C9H7ClO3. The fourth-order valence-corrected chi connectivity index (χ4v) is 1.55. The van der Waals surface area contributed by atoms with Gasteiger partial charge in [-0.1, -0.05) is 17.7 Å². The summed E-state index contributed by atoms with van der Waals surface area (Å²) < 4.78 is 5.19. The van der Waals surface area contributed by atoms with Crippen LogP contribution in [0.25, 0.3) is 0 Å². The van der Waals surface area contributed by atoms with Crippen LogP contribution < -0.4 is 4.74 Å². The Morgan fingerprint density at radius 2 is 2.38 bits per heavy atom. The van der Waals surface area contributed by atoms with Crippen molar-refractivity contribution < 1.29 is 14.6 Å². The Hall–Kier alpha value is -1.22. The summed E-state index contributed by atoms with van der Waals surface area (Å²) >= 11 is 5.72. The Morgan fingerprint density at radius 3 is 3.08 bits per heavy atom. The first kappa shape index (κ1) is 8.38. The van der Waals surface area contributed by atoms with E-state index in [1.165, 1.54) is 0 Å². The number of fused-ring (bicyclic) bond motifs is 1. The van der Waals surface area contributed by atoms with Crippen molar-refractivity contribution in [2.75, 3.05) is 6.61 Å². The molecule has 1 heterocycles. The van der Waals surface area contributed by atoms with Crippen molar-refractivity contribution in [2.45, 2.75) is 5.92 Å². The van der Waals surface area contributed by atoms with Crippen LogP contribution >= 0.6 is 11.6 Å². The van der Waals surface area contributed by atoms with Crippen molar-refractivity contribution in [3.05, 3.63) is 28.8 Å². The number of halogens is 1. The highest BCUT2D eigenvalue weighted by Gasteiger charge is 2.29. The molecule has 0 aromatic heterocycles. The second-order valence-corrected chi connectivity index (χ2v) is 3.32. The van der Waals surface area contributed by atoms with E-state index in [1.807, 2.05) is 0 Å². The van der Waals surface area contributed by atoms with E-state index in [0.29, 0.717) is 16.3 Å². The van der Waals surface area contributed by atoms with Crippen molar-refractivity contribution in [2.24, 2.45) is 0 Å². The average Bonchev–Trinajstić information content (AvgIpc) is 2.46. The van der Waals surface area contributed by atoms with Crippen molar-refractivity contribution in [1.29, 1.82) is 0 Å². The van der Waals surface area contributed by atoms with Gasteiger partial charge in [-0.2, -0.15) is 0 Å². The molecule has 1 aromatic rings. The highest BCUT2D eigenvalue weighted by molar-refractivity contribution is 6.30. The molecule has 1 aliphatic rings. The molecule has 0 fully saturated rings. The number of carboxylic acids is 1. The van der Waals surface area contributed by atoms with Crippen LogP contribution in [0.1, 0.15) is 11.5 Å². The van der Waals surface area contributed by atoms with Crippen LogP contribution in [0.4, 0.5) is 0 Å². The van der Waals surface area contributed by atoms with Gasteiger partial charge in [-0.15, -0.1) is 0 Å². The van der Waals surface area contributed by atoms with Gasteiger partial charge in [0.2, 0.25) is 0 Å². The number of benzene rings is 1. The summed E-state index contributed by atoms with van der Waals surface area (Å²) in [7, 11) is 0. The van der Waals surface area contributed by atoms with E-state index in [-0.39, 0.29) is 6.61 Å². The molecule has 1 aliphatic heterocycles. The summed E-state index contributed by atoms with van der Waals surface area (Å²) in [6.07, 6.45) is 0. The van der Waals surface area contributed by atoms with Crippen LogP contribution in [0.2, 0.25) is 5.02 Å². The third-order valence-electron chi connectivity index (χ3n) is 2.05. The van der Waals surface area contributed by atoms with Gasteiger partial charge >= 0.3 is 5.97 Å². The summed E-state index contributed by atoms with van der Waals surface area (Å²) in [6.45, 7) is 0.199. The maximum absolute atomic E-state index is 10.7. The van der Waals surface area contributed by atoms with E-state index < -0.39 is 11.9 Å². The lowest BCUT2D eigenvalue weighted by molar-refractivity contribution is -0.138. The molecule has 0 amide bonds. The van der Waals surface area contributed by atoms with E-state index in [4.69, 9.17) is 21.4 Å². The molecule has 2 rings (SSSR count). The van der Waals surface area contributed by atoms with Gasteiger partial charge in [-0.25, -0.2) is 0 Å². The van der Waals surface area contributed by atoms with Crippen molar-refractivity contribution in [3.63, 3.8) is 0 Å². The van der Waals surface area contributed by atoms with Gasteiger partial charge in [0.1, 0.15) is 18.3 Å². The van der Waals surface area contributed by atoms with E-state index in [9.17, 15) is 4.79 Å². The minimum absolute atomic E-state index is 0.199. The first-order valence-corrected chi connectivity index (χ1v) is 4.21. The van der Waals surface area contributed by atoms with E-state index in [0.717, 1.165) is 0 Å². The second kappa shape index (κ2) is 2.92. The number of carbonyl (C=O) groups is 1. The Labute approximate surface area is 79.9 Å². The molecule has 0 saturated carbocycles. The van der Waals surface area contributed by atoms with Gasteiger partial charge in [0, 0.05) is 10.6 Å². The van der Waals surface area contributed by atoms with Gasteiger partial charge in [-0.05, 0) is 12.1 Å². The number of hydrogen-bond donors (Lipinski definition) is 1. The molecule has 3 nitrogen and oxygen atoms in total. The topological polar surface area (TPSA) is 46.5 Å². The predicted octanol–water partition coefficient (Wildman–Crippen LogP) is 1.90. The molecule has 1 aromatic carbocycles. The average molecular weight is 199 g/mol. The van der Waals surface area contributed by atoms with Crippen LogP contribution in [0.3, 0.4) is 0 Å². The third kappa shape index (κ3) is 1.35. The van der Waals surface area contributed by atoms with E-state index in [2.05, 4.69) is 0 Å². The molecule has 0 spiro atoms. The van der Waals surface area contributed by atoms with Gasteiger partial charge in [0.15, 0.2) is 0 Å². The number of rotatable bonds is 1. The predicted molar refractivity (Wildman–Crippen MR) is 47.3 cm³/mol. The second-order valence-electron chi connectivity index (χ2n) is 2.88. The summed E-state index contributed by atoms with van der Waals surface area (Å²) in [5.74, 6) is -0.826. The summed E-state index contributed by atoms with van der Waals surface area (Å²) in [4.78, 5) is 10.7. The lowest BCUT2D eigenvalue weighted by Crippen LogP contribution is -2.12. The Balaban J connectivity index is 2.44. The lowest BCUT2D eigenvalue weighted by atomic mass is 10.0. The van der Waals surface area contributed by atoms with E-state index in [1.54, 1.807) is 18.2 Å². The van der Waals surface area contributed by atoms with Crippen molar-refractivity contribution in [1.82, 2.24) is 0 Å². The molecular weight excluding hydrogens is 192 g/mol. The van der Waals surface area contributed by atoms with Crippen LogP contribution in [-0.2, 0) is 4.79 Å².